The molecule has 4 N–H and O–H groups in total. The summed E-state index contributed by atoms with van der Waals surface area (Å²) < 4.78 is 35.9. The molecule has 0 radical (unpaired) electrons. The second-order valence-corrected chi connectivity index (χ2v) is 3.74. The number of hydrogen-bond donors (Lipinski definition) is 4. The number of carboxylic acids is 1. The van der Waals surface area contributed by atoms with E-state index in [0.29, 0.717) is 0 Å². The van der Waals surface area contributed by atoms with Crippen molar-refractivity contribution in [2.75, 3.05) is 6.61 Å². The van der Waals surface area contributed by atoms with Gasteiger partial charge in [-0.1, -0.05) is 0 Å². The van der Waals surface area contributed by atoms with Crippen molar-refractivity contribution in [1.82, 2.24) is 10.6 Å². The molecule has 0 rings (SSSR count). The first-order valence-electron chi connectivity index (χ1n) is 5.13. The van der Waals surface area contributed by atoms with Crippen LogP contribution in [0.4, 0.5) is 18.0 Å². The van der Waals surface area contributed by atoms with E-state index in [9.17, 15) is 22.8 Å². The fraction of sp³-hybridized carbons (Fsp3) is 0.778. The van der Waals surface area contributed by atoms with Gasteiger partial charge in [0.2, 0.25) is 0 Å². The fourth-order valence-electron chi connectivity index (χ4n) is 1.21. The lowest BCUT2D eigenvalue weighted by Gasteiger charge is -2.18. The Morgan fingerprint density at radius 1 is 1.28 bits per heavy atom. The SMILES string of the molecule is CC(CC(F)(F)F)NC(=O)N[C@H](CCO)C(=O)O. The van der Waals surface area contributed by atoms with Crippen LogP contribution < -0.4 is 10.6 Å². The smallest absolute Gasteiger partial charge is 0.391 e. The summed E-state index contributed by atoms with van der Waals surface area (Å²) in [6.07, 6.45) is -5.85. The number of carboxylic acid groups (broad SMARTS) is 1. The number of amides is 2. The highest BCUT2D eigenvalue weighted by molar-refractivity contribution is 5.82. The van der Waals surface area contributed by atoms with E-state index in [1.54, 1.807) is 0 Å². The van der Waals surface area contributed by atoms with E-state index in [1.165, 1.54) is 0 Å². The highest BCUT2D eigenvalue weighted by Gasteiger charge is 2.31. The van der Waals surface area contributed by atoms with E-state index in [-0.39, 0.29) is 6.42 Å². The van der Waals surface area contributed by atoms with Crippen molar-refractivity contribution in [3.63, 3.8) is 0 Å². The van der Waals surface area contributed by atoms with Crippen molar-refractivity contribution in [1.29, 1.82) is 0 Å². The van der Waals surface area contributed by atoms with Gasteiger partial charge in [-0.15, -0.1) is 0 Å². The van der Waals surface area contributed by atoms with Crippen LogP contribution >= 0.6 is 0 Å². The van der Waals surface area contributed by atoms with E-state index in [1.807, 2.05) is 10.6 Å². The number of alkyl halides is 3. The zero-order valence-electron chi connectivity index (χ0n) is 9.62. The van der Waals surface area contributed by atoms with Gasteiger partial charge in [-0.05, 0) is 6.92 Å². The lowest BCUT2D eigenvalue weighted by Crippen LogP contribution is -2.49. The van der Waals surface area contributed by atoms with Gasteiger partial charge >= 0.3 is 18.2 Å². The van der Waals surface area contributed by atoms with Crippen molar-refractivity contribution in [3.8, 4) is 0 Å². The third-order valence-electron chi connectivity index (χ3n) is 1.94. The van der Waals surface area contributed by atoms with Gasteiger partial charge in [-0.25, -0.2) is 9.59 Å². The second-order valence-electron chi connectivity index (χ2n) is 3.74. The number of hydrogen-bond acceptors (Lipinski definition) is 3. The highest BCUT2D eigenvalue weighted by atomic mass is 19.4. The minimum atomic E-state index is -4.41. The molecule has 0 aliphatic heterocycles. The van der Waals surface area contributed by atoms with Crippen LogP contribution in [0.25, 0.3) is 0 Å². The number of nitrogens with one attached hydrogen (secondary N) is 2. The van der Waals surface area contributed by atoms with Gasteiger partial charge in [-0.3, -0.25) is 0 Å². The topological polar surface area (TPSA) is 98.7 Å². The van der Waals surface area contributed by atoms with E-state index < -0.39 is 43.3 Å². The molecule has 0 aromatic rings. The molecule has 0 spiro atoms. The van der Waals surface area contributed by atoms with Crippen molar-refractivity contribution in [2.24, 2.45) is 0 Å². The molecule has 0 saturated heterocycles. The molecule has 0 aliphatic carbocycles. The lowest BCUT2D eigenvalue weighted by atomic mass is 10.2. The normalized spacial score (nSPS) is 14.7. The van der Waals surface area contributed by atoms with Gasteiger partial charge in [0, 0.05) is 19.1 Å². The molecule has 6 nitrogen and oxygen atoms in total. The Morgan fingerprint density at radius 3 is 2.22 bits per heavy atom. The number of carbonyl (C=O) groups is 2. The Morgan fingerprint density at radius 2 is 1.83 bits per heavy atom. The predicted octanol–water partition coefficient (Wildman–Crippen LogP) is 0.462. The number of aliphatic hydroxyl groups is 1. The molecule has 9 heteroatoms. The van der Waals surface area contributed by atoms with Crippen LogP contribution in [-0.4, -0.2) is 47.1 Å². The van der Waals surface area contributed by atoms with E-state index in [2.05, 4.69) is 0 Å². The highest BCUT2D eigenvalue weighted by Crippen LogP contribution is 2.21. The molecule has 0 heterocycles. The maximum Gasteiger partial charge on any atom is 0.391 e. The van der Waals surface area contributed by atoms with Crippen molar-refractivity contribution < 1.29 is 33.0 Å². The van der Waals surface area contributed by atoms with E-state index >= 15 is 0 Å². The van der Waals surface area contributed by atoms with Gasteiger partial charge in [0.25, 0.3) is 0 Å². The Kier molecular flexibility index (Phi) is 6.45. The molecule has 0 aliphatic rings. The number of aliphatic carboxylic acids is 1. The first-order chi connectivity index (χ1) is 8.15. The summed E-state index contributed by atoms with van der Waals surface area (Å²) in [5.74, 6) is -1.37. The Bertz CT molecular complexity index is 296. The quantitative estimate of drug-likeness (QED) is 0.564. The summed E-state index contributed by atoms with van der Waals surface area (Å²) in [5, 5.41) is 21.1. The Balaban J connectivity index is 4.20. The monoisotopic (exact) mass is 272 g/mol. The third-order valence-corrected chi connectivity index (χ3v) is 1.94. The Labute approximate surface area is 101 Å². The minimum absolute atomic E-state index is 0.226. The maximum absolute atomic E-state index is 12.0. The predicted molar refractivity (Wildman–Crippen MR) is 54.9 cm³/mol. The summed E-state index contributed by atoms with van der Waals surface area (Å²) in [4.78, 5) is 21.8. The first kappa shape index (κ1) is 16.5. The van der Waals surface area contributed by atoms with Gasteiger partial charge in [0.1, 0.15) is 6.04 Å². The summed E-state index contributed by atoms with van der Waals surface area (Å²) in [7, 11) is 0. The summed E-state index contributed by atoms with van der Waals surface area (Å²) in [6, 6.07) is -3.53. The largest absolute Gasteiger partial charge is 0.480 e. The first-order valence-corrected chi connectivity index (χ1v) is 5.13. The zero-order chi connectivity index (χ0) is 14.3. The molecule has 0 fully saturated rings. The second kappa shape index (κ2) is 7.04. The van der Waals surface area contributed by atoms with Crippen molar-refractivity contribution in [2.45, 2.75) is 38.0 Å². The standard InChI is InChI=1S/C9H15F3N2O4/c1-5(4-9(10,11)12)13-8(18)14-6(2-3-15)7(16)17/h5-6,15H,2-4H2,1H3,(H,16,17)(H2,13,14,18)/t5?,6-/m1/s1. The summed E-state index contributed by atoms with van der Waals surface area (Å²) >= 11 is 0. The molecule has 106 valence electrons. The maximum atomic E-state index is 12.0. The number of rotatable bonds is 6. The van der Waals surface area contributed by atoms with Crippen LogP contribution in [-0.2, 0) is 4.79 Å². The number of urea groups is 1. The number of halogens is 3. The third kappa shape index (κ3) is 7.71. The van der Waals surface area contributed by atoms with Crippen LogP contribution in [0.3, 0.4) is 0 Å². The van der Waals surface area contributed by atoms with E-state index in [0.717, 1.165) is 6.92 Å². The van der Waals surface area contributed by atoms with Crippen LogP contribution in [0, 0.1) is 0 Å². The van der Waals surface area contributed by atoms with Crippen LogP contribution in [0.15, 0.2) is 0 Å². The van der Waals surface area contributed by atoms with Crippen molar-refractivity contribution >= 4 is 12.0 Å². The summed E-state index contributed by atoms with van der Waals surface area (Å²) in [5.41, 5.74) is 0. The number of carbonyl (C=O) groups excluding carboxylic acids is 1. The van der Waals surface area contributed by atoms with Crippen LogP contribution in [0.1, 0.15) is 19.8 Å². The van der Waals surface area contributed by atoms with Crippen molar-refractivity contribution in [3.05, 3.63) is 0 Å². The average molecular weight is 272 g/mol. The summed E-state index contributed by atoms with van der Waals surface area (Å²) in [6.45, 7) is 0.685. The fourth-order valence-corrected chi connectivity index (χ4v) is 1.21. The molecule has 0 bridgehead atoms. The van der Waals surface area contributed by atoms with E-state index in [4.69, 9.17) is 10.2 Å². The molecule has 2 amide bonds. The molecule has 0 aromatic heterocycles. The molecule has 0 aromatic carbocycles. The zero-order valence-corrected chi connectivity index (χ0v) is 9.62. The molecule has 0 saturated carbocycles. The van der Waals surface area contributed by atoms with Crippen LogP contribution in [0.5, 0.6) is 0 Å². The average Bonchev–Trinajstić information content (AvgIpc) is 2.13. The van der Waals surface area contributed by atoms with Gasteiger partial charge in [0.05, 0.1) is 6.42 Å². The Hall–Kier alpha value is -1.51. The molecular weight excluding hydrogens is 257 g/mol. The van der Waals surface area contributed by atoms with Gasteiger partial charge in [0.15, 0.2) is 0 Å². The van der Waals surface area contributed by atoms with Gasteiger partial charge < -0.3 is 20.8 Å². The molecule has 2 atom stereocenters. The molecule has 18 heavy (non-hydrogen) atoms. The minimum Gasteiger partial charge on any atom is -0.480 e. The van der Waals surface area contributed by atoms with Crippen LogP contribution in [0.2, 0.25) is 0 Å². The lowest BCUT2D eigenvalue weighted by molar-refractivity contribution is -0.140. The number of aliphatic hydroxyl groups excluding tert-OH is 1. The van der Waals surface area contributed by atoms with Gasteiger partial charge in [-0.2, -0.15) is 13.2 Å². The molecular formula is C9H15F3N2O4. The molecule has 1 unspecified atom stereocenters.